The molecule has 0 amide bonds. The van der Waals surface area contributed by atoms with Gasteiger partial charge in [0, 0.05) is 37.4 Å². The third kappa shape index (κ3) is 2.40. The molecule has 0 spiro atoms. The zero-order valence-corrected chi connectivity index (χ0v) is 10.7. The number of likely N-dealkylation sites (tertiary alicyclic amines) is 1. The summed E-state index contributed by atoms with van der Waals surface area (Å²) in [6, 6.07) is 2.52. The van der Waals surface area contributed by atoms with Crippen molar-refractivity contribution in [3.8, 4) is 0 Å². The van der Waals surface area contributed by atoms with Gasteiger partial charge < -0.3 is 0 Å². The standard InChI is InChI=1S/C12H16N4S/c1-10-14-11(9-17-10)7-15-6-3-12(8-15)16-5-2-4-13-16/h2,4-5,9,12H,3,6-8H2,1H3. The minimum Gasteiger partial charge on any atom is -0.295 e. The predicted octanol–water partition coefficient (Wildman–Crippen LogP) is 2.10. The van der Waals surface area contributed by atoms with Crippen LogP contribution in [0.25, 0.3) is 0 Å². The van der Waals surface area contributed by atoms with E-state index in [0.717, 1.165) is 24.6 Å². The molecule has 17 heavy (non-hydrogen) atoms. The van der Waals surface area contributed by atoms with Crippen molar-refractivity contribution in [3.63, 3.8) is 0 Å². The van der Waals surface area contributed by atoms with E-state index in [-0.39, 0.29) is 0 Å². The van der Waals surface area contributed by atoms with Crippen LogP contribution < -0.4 is 0 Å². The monoisotopic (exact) mass is 248 g/mol. The van der Waals surface area contributed by atoms with Crippen LogP contribution in [0.2, 0.25) is 0 Å². The molecule has 0 saturated carbocycles. The van der Waals surface area contributed by atoms with Crippen molar-refractivity contribution in [2.45, 2.75) is 25.9 Å². The fraction of sp³-hybridized carbons (Fsp3) is 0.500. The molecule has 90 valence electrons. The second-order valence-corrected chi connectivity index (χ2v) is 5.58. The average Bonchev–Trinajstić information content (AvgIpc) is 3.00. The Balaban J connectivity index is 1.61. The molecular weight excluding hydrogens is 232 g/mol. The highest BCUT2D eigenvalue weighted by Crippen LogP contribution is 2.22. The lowest BCUT2D eigenvalue weighted by molar-refractivity contribution is 0.308. The van der Waals surface area contributed by atoms with Gasteiger partial charge in [-0.3, -0.25) is 9.58 Å². The van der Waals surface area contributed by atoms with Crippen LogP contribution in [0.15, 0.2) is 23.8 Å². The minimum absolute atomic E-state index is 0.532. The summed E-state index contributed by atoms with van der Waals surface area (Å²) in [6.07, 6.45) is 5.10. The molecule has 5 heteroatoms. The first-order valence-electron chi connectivity index (χ1n) is 5.94. The van der Waals surface area contributed by atoms with Crippen molar-refractivity contribution in [1.29, 1.82) is 0 Å². The van der Waals surface area contributed by atoms with Gasteiger partial charge in [-0.05, 0) is 19.4 Å². The number of nitrogens with zero attached hydrogens (tertiary/aromatic N) is 4. The van der Waals surface area contributed by atoms with Crippen LogP contribution in [0, 0.1) is 6.92 Å². The SMILES string of the molecule is Cc1nc(CN2CCC(n3cccn3)C2)cs1. The minimum atomic E-state index is 0.532. The van der Waals surface area contributed by atoms with Crippen molar-refractivity contribution in [1.82, 2.24) is 19.7 Å². The molecule has 2 aromatic rings. The number of hydrogen-bond acceptors (Lipinski definition) is 4. The molecule has 0 aliphatic carbocycles. The van der Waals surface area contributed by atoms with Crippen molar-refractivity contribution in [2.24, 2.45) is 0 Å². The summed E-state index contributed by atoms with van der Waals surface area (Å²) in [4.78, 5) is 6.98. The molecule has 0 bridgehead atoms. The summed E-state index contributed by atoms with van der Waals surface area (Å²) in [7, 11) is 0. The lowest BCUT2D eigenvalue weighted by Crippen LogP contribution is -2.21. The molecule has 1 saturated heterocycles. The van der Waals surface area contributed by atoms with E-state index in [1.54, 1.807) is 11.3 Å². The van der Waals surface area contributed by atoms with E-state index >= 15 is 0 Å². The van der Waals surface area contributed by atoms with Crippen LogP contribution in [0.1, 0.15) is 23.2 Å². The predicted molar refractivity (Wildman–Crippen MR) is 68.0 cm³/mol. The molecule has 2 aromatic heterocycles. The largest absolute Gasteiger partial charge is 0.295 e. The van der Waals surface area contributed by atoms with Crippen molar-refractivity contribution < 1.29 is 0 Å². The molecule has 0 radical (unpaired) electrons. The van der Waals surface area contributed by atoms with Crippen molar-refractivity contribution in [3.05, 3.63) is 34.5 Å². The Bertz CT molecular complexity index is 476. The maximum absolute atomic E-state index is 4.52. The Morgan fingerprint density at radius 3 is 3.18 bits per heavy atom. The molecule has 4 nitrogen and oxygen atoms in total. The normalized spacial score (nSPS) is 21.1. The van der Waals surface area contributed by atoms with E-state index in [0.29, 0.717) is 6.04 Å². The van der Waals surface area contributed by atoms with Crippen LogP contribution >= 0.6 is 11.3 Å². The van der Waals surface area contributed by atoms with Crippen molar-refractivity contribution in [2.75, 3.05) is 13.1 Å². The maximum Gasteiger partial charge on any atom is 0.0897 e. The lowest BCUT2D eigenvalue weighted by atomic mass is 10.3. The van der Waals surface area contributed by atoms with Gasteiger partial charge in [-0.15, -0.1) is 11.3 Å². The van der Waals surface area contributed by atoms with Gasteiger partial charge in [0.15, 0.2) is 0 Å². The first-order chi connectivity index (χ1) is 8.31. The summed E-state index contributed by atoms with van der Waals surface area (Å²) < 4.78 is 2.08. The van der Waals surface area contributed by atoms with Crippen LogP contribution in [-0.4, -0.2) is 32.8 Å². The molecule has 1 atom stereocenters. The fourth-order valence-electron chi connectivity index (χ4n) is 2.38. The first-order valence-corrected chi connectivity index (χ1v) is 6.82. The van der Waals surface area contributed by atoms with Gasteiger partial charge in [0.1, 0.15) is 0 Å². The lowest BCUT2D eigenvalue weighted by Gasteiger charge is -2.14. The molecule has 1 aliphatic rings. The molecule has 1 fully saturated rings. The van der Waals surface area contributed by atoms with Crippen LogP contribution in [0.3, 0.4) is 0 Å². The van der Waals surface area contributed by atoms with E-state index in [9.17, 15) is 0 Å². The van der Waals surface area contributed by atoms with Gasteiger partial charge in [0.25, 0.3) is 0 Å². The summed E-state index contributed by atoms with van der Waals surface area (Å²) in [5.41, 5.74) is 1.20. The third-order valence-corrected chi connectivity index (χ3v) is 4.02. The van der Waals surface area contributed by atoms with Gasteiger partial charge in [-0.25, -0.2) is 4.98 Å². The zero-order valence-electron chi connectivity index (χ0n) is 9.91. The van der Waals surface area contributed by atoms with Gasteiger partial charge in [0.2, 0.25) is 0 Å². The Labute approximate surface area is 105 Å². The molecule has 0 N–H and O–H groups in total. The van der Waals surface area contributed by atoms with E-state index in [1.165, 1.54) is 12.1 Å². The Morgan fingerprint density at radius 1 is 1.53 bits per heavy atom. The highest BCUT2D eigenvalue weighted by atomic mass is 32.1. The molecule has 3 heterocycles. The highest BCUT2D eigenvalue weighted by Gasteiger charge is 2.24. The number of rotatable bonds is 3. The molecule has 1 aliphatic heterocycles. The van der Waals surface area contributed by atoms with Crippen molar-refractivity contribution >= 4 is 11.3 Å². The fourth-order valence-corrected chi connectivity index (χ4v) is 2.98. The maximum atomic E-state index is 4.52. The summed E-state index contributed by atoms with van der Waals surface area (Å²) in [5.74, 6) is 0. The van der Waals surface area contributed by atoms with E-state index < -0.39 is 0 Å². The highest BCUT2D eigenvalue weighted by molar-refractivity contribution is 7.09. The quantitative estimate of drug-likeness (QED) is 0.834. The molecule has 3 rings (SSSR count). The third-order valence-electron chi connectivity index (χ3n) is 3.20. The number of aryl methyl sites for hydroxylation is 1. The van der Waals surface area contributed by atoms with Gasteiger partial charge in [-0.2, -0.15) is 5.10 Å². The first kappa shape index (κ1) is 10.9. The average molecular weight is 248 g/mol. The number of thiazole rings is 1. The van der Waals surface area contributed by atoms with Gasteiger partial charge in [-0.1, -0.05) is 0 Å². The second-order valence-electron chi connectivity index (χ2n) is 4.52. The Kier molecular flexibility index (Phi) is 2.94. The van der Waals surface area contributed by atoms with E-state index in [4.69, 9.17) is 0 Å². The Morgan fingerprint density at radius 2 is 2.47 bits per heavy atom. The van der Waals surface area contributed by atoms with Crippen LogP contribution in [0.4, 0.5) is 0 Å². The van der Waals surface area contributed by atoms with Gasteiger partial charge >= 0.3 is 0 Å². The molecular formula is C12H16N4S. The Hall–Kier alpha value is -1.20. The smallest absolute Gasteiger partial charge is 0.0897 e. The zero-order chi connectivity index (χ0) is 11.7. The summed E-state index contributed by atoms with van der Waals surface area (Å²) in [5, 5.41) is 7.64. The second kappa shape index (κ2) is 4.58. The topological polar surface area (TPSA) is 34.0 Å². The summed E-state index contributed by atoms with van der Waals surface area (Å²) >= 11 is 1.73. The molecule has 1 unspecified atom stereocenters. The van der Waals surface area contributed by atoms with Crippen LogP contribution in [-0.2, 0) is 6.54 Å². The van der Waals surface area contributed by atoms with Crippen LogP contribution in [0.5, 0.6) is 0 Å². The van der Waals surface area contributed by atoms with Gasteiger partial charge in [0.05, 0.1) is 16.7 Å². The molecule has 0 aromatic carbocycles. The van der Waals surface area contributed by atoms with E-state index in [1.807, 2.05) is 12.3 Å². The van der Waals surface area contributed by atoms with E-state index in [2.05, 4.69) is 38.2 Å². The summed E-state index contributed by atoms with van der Waals surface area (Å²) in [6.45, 7) is 5.26. The number of aromatic nitrogens is 3. The number of hydrogen-bond donors (Lipinski definition) is 0.